The van der Waals surface area contributed by atoms with Crippen LogP contribution >= 0.6 is 11.3 Å². The Bertz CT molecular complexity index is 562. The van der Waals surface area contributed by atoms with Crippen LogP contribution in [-0.2, 0) is 0 Å². The second kappa shape index (κ2) is 6.48. The van der Waals surface area contributed by atoms with Crippen molar-refractivity contribution in [2.75, 3.05) is 6.61 Å². The lowest BCUT2D eigenvalue weighted by Crippen LogP contribution is -2.31. The highest BCUT2D eigenvalue weighted by atomic mass is 32.1. The third-order valence-electron chi connectivity index (χ3n) is 3.33. The summed E-state index contributed by atoms with van der Waals surface area (Å²) in [4.78, 5) is 5.92. The van der Waals surface area contributed by atoms with Gasteiger partial charge in [-0.3, -0.25) is 0 Å². The van der Waals surface area contributed by atoms with Crippen LogP contribution in [0.2, 0.25) is 0 Å². The Morgan fingerprint density at radius 1 is 1.20 bits per heavy atom. The van der Waals surface area contributed by atoms with E-state index in [4.69, 9.17) is 5.11 Å². The molecule has 0 amide bonds. The Labute approximate surface area is 124 Å². The summed E-state index contributed by atoms with van der Waals surface area (Å²) in [6.07, 6.45) is 0. The molecule has 3 nitrogen and oxygen atoms in total. The van der Waals surface area contributed by atoms with Crippen molar-refractivity contribution in [2.45, 2.75) is 39.8 Å². The lowest BCUT2D eigenvalue weighted by atomic mass is 10.2. The molecule has 2 aromatic rings. The minimum absolute atomic E-state index is 0.0920. The summed E-state index contributed by atoms with van der Waals surface area (Å²) in [5, 5.41) is 13.6. The van der Waals surface area contributed by atoms with Crippen LogP contribution in [0.3, 0.4) is 0 Å². The number of aliphatic hydroxyl groups is 1. The Balaban J connectivity index is 2.23. The maximum absolute atomic E-state index is 9.13. The van der Waals surface area contributed by atoms with Crippen LogP contribution in [0.4, 0.5) is 0 Å². The number of thiazole rings is 1. The molecular formula is C16H22N2OS. The van der Waals surface area contributed by atoms with E-state index in [9.17, 15) is 0 Å². The average molecular weight is 290 g/mol. The minimum Gasteiger partial charge on any atom is -0.395 e. The molecule has 2 unspecified atom stereocenters. The van der Waals surface area contributed by atoms with Gasteiger partial charge >= 0.3 is 0 Å². The summed E-state index contributed by atoms with van der Waals surface area (Å²) in [5.41, 5.74) is 3.49. The fraction of sp³-hybridized carbons (Fsp3) is 0.438. The second-order valence-electron chi connectivity index (χ2n) is 5.31. The lowest BCUT2D eigenvalue weighted by molar-refractivity contribution is 0.243. The third-order valence-corrected chi connectivity index (χ3v) is 4.72. The van der Waals surface area contributed by atoms with E-state index in [1.165, 1.54) is 10.4 Å². The maximum Gasteiger partial charge on any atom is 0.123 e. The molecule has 2 N–H and O–H groups in total. The lowest BCUT2D eigenvalue weighted by Gasteiger charge is -2.17. The first-order chi connectivity index (χ1) is 9.51. The van der Waals surface area contributed by atoms with Crippen molar-refractivity contribution < 1.29 is 5.11 Å². The third kappa shape index (κ3) is 3.45. The van der Waals surface area contributed by atoms with E-state index in [0.29, 0.717) is 0 Å². The SMILES string of the molecule is Cc1ccc(-c2nc(C)c(C(C)NC(C)CO)s2)cc1. The predicted molar refractivity (Wildman–Crippen MR) is 85.1 cm³/mol. The summed E-state index contributed by atoms with van der Waals surface area (Å²) in [7, 11) is 0. The fourth-order valence-corrected chi connectivity index (χ4v) is 3.27. The molecular weight excluding hydrogens is 268 g/mol. The molecule has 2 rings (SSSR count). The van der Waals surface area contributed by atoms with Gasteiger partial charge in [0.2, 0.25) is 0 Å². The average Bonchev–Trinajstić information content (AvgIpc) is 2.81. The van der Waals surface area contributed by atoms with Gasteiger partial charge < -0.3 is 10.4 Å². The van der Waals surface area contributed by atoms with Crippen molar-refractivity contribution >= 4 is 11.3 Å². The Kier molecular flexibility index (Phi) is 4.91. The van der Waals surface area contributed by atoms with Gasteiger partial charge in [-0.2, -0.15) is 0 Å². The van der Waals surface area contributed by atoms with E-state index >= 15 is 0 Å². The minimum atomic E-state index is 0.0920. The van der Waals surface area contributed by atoms with Crippen LogP contribution in [-0.4, -0.2) is 22.7 Å². The van der Waals surface area contributed by atoms with E-state index in [1.54, 1.807) is 11.3 Å². The molecule has 0 aliphatic carbocycles. The Hall–Kier alpha value is -1.23. The summed E-state index contributed by atoms with van der Waals surface area (Å²) in [6.45, 7) is 8.38. The molecule has 4 heteroatoms. The summed E-state index contributed by atoms with van der Waals surface area (Å²) >= 11 is 1.72. The quantitative estimate of drug-likeness (QED) is 0.886. The van der Waals surface area contributed by atoms with Crippen LogP contribution in [0, 0.1) is 13.8 Å². The van der Waals surface area contributed by atoms with E-state index in [-0.39, 0.29) is 18.7 Å². The molecule has 0 radical (unpaired) electrons. The number of benzene rings is 1. The molecule has 0 aliphatic rings. The smallest absolute Gasteiger partial charge is 0.123 e. The molecule has 0 aliphatic heterocycles. The van der Waals surface area contributed by atoms with Gasteiger partial charge in [0.15, 0.2) is 0 Å². The van der Waals surface area contributed by atoms with Crippen molar-refractivity contribution in [3.05, 3.63) is 40.4 Å². The van der Waals surface area contributed by atoms with Crippen LogP contribution in [0.1, 0.15) is 36.0 Å². The van der Waals surface area contributed by atoms with Crippen LogP contribution in [0.5, 0.6) is 0 Å². The Morgan fingerprint density at radius 3 is 2.45 bits per heavy atom. The number of nitrogens with one attached hydrogen (secondary N) is 1. The monoisotopic (exact) mass is 290 g/mol. The van der Waals surface area contributed by atoms with Gasteiger partial charge in [-0.05, 0) is 27.7 Å². The predicted octanol–water partition coefficient (Wildman–Crippen LogP) is 3.46. The molecule has 1 aromatic heterocycles. The molecule has 0 spiro atoms. The number of hydrogen-bond donors (Lipinski definition) is 2. The normalized spacial score (nSPS) is 14.2. The zero-order chi connectivity index (χ0) is 14.7. The van der Waals surface area contributed by atoms with Crippen molar-refractivity contribution in [1.29, 1.82) is 0 Å². The van der Waals surface area contributed by atoms with Crippen molar-refractivity contribution in [3.63, 3.8) is 0 Å². The highest BCUT2D eigenvalue weighted by Gasteiger charge is 2.16. The van der Waals surface area contributed by atoms with Crippen LogP contribution in [0.25, 0.3) is 10.6 Å². The van der Waals surface area contributed by atoms with Gasteiger partial charge in [0, 0.05) is 22.5 Å². The topological polar surface area (TPSA) is 45.2 Å². The van der Waals surface area contributed by atoms with Crippen LogP contribution in [0.15, 0.2) is 24.3 Å². The number of aryl methyl sites for hydroxylation is 2. The second-order valence-corrected chi connectivity index (χ2v) is 6.34. The van der Waals surface area contributed by atoms with E-state index < -0.39 is 0 Å². The Morgan fingerprint density at radius 2 is 1.85 bits per heavy atom. The molecule has 0 bridgehead atoms. The molecule has 2 atom stereocenters. The summed E-state index contributed by atoms with van der Waals surface area (Å²) in [6, 6.07) is 8.75. The number of hydrogen-bond acceptors (Lipinski definition) is 4. The number of aliphatic hydroxyl groups excluding tert-OH is 1. The van der Waals surface area contributed by atoms with Gasteiger partial charge in [-0.25, -0.2) is 4.98 Å². The highest BCUT2D eigenvalue weighted by Crippen LogP contribution is 2.31. The van der Waals surface area contributed by atoms with Gasteiger partial charge in [0.1, 0.15) is 5.01 Å². The number of nitrogens with zero attached hydrogens (tertiary/aromatic N) is 1. The first-order valence-corrected chi connectivity index (χ1v) is 7.74. The van der Waals surface area contributed by atoms with Gasteiger partial charge in [0.25, 0.3) is 0 Å². The van der Waals surface area contributed by atoms with E-state index in [0.717, 1.165) is 16.3 Å². The standard InChI is InChI=1S/C16H22N2OS/c1-10-5-7-14(8-6-10)16-18-13(4)15(20-16)12(3)17-11(2)9-19/h5-8,11-12,17,19H,9H2,1-4H3. The largest absolute Gasteiger partial charge is 0.395 e. The zero-order valence-corrected chi connectivity index (χ0v) is 13.3. The van der Waals surface area contributed by atoms with Crippen LogP contribution < -0.4 is 5.32 Å². The van der Waals surface area contributed by atoms with Gasteiger partial charge in [-0.15, -0.1) is 11.3 Å². The highest BCUT2D eigenvalue weighted by molar-refractivity contribution is 7.15. The number of aromatic nitrogens is 1. The van der Waals surface area contributed by atoms with Gasteiger partial charge in [0.05, 0.1) is 12.3 Å². The summed E-state index contributed by atoms with van der Waals surface area (Å²) in [5.74, 6) is 0. The molecule has 0 saturated carbocycles. The van der Waals surface area contributed by atoms with Crippen molar-refractivity contribution in [3.8, 4) is 10.6 Å². The molecule has 1 aromatic carbocycles. The molecule has 108 valence electrons. The maximum atomic E-state index is 9.13. The molecule has 1 heterocycles. The molecule has 0 fully saturated rings. The van der Waals surface area contributed by atoms with Crippen molar-refractivity contribution in [1.82, 2.24) is 10.3 Å². The van der Waals surface area contributed by atoms with Crippen molar-refractivity contribution in [2.24, 2.45) is 0 Å². The van der Waals surface area contributed by atoms with E-state index in [1.807, 2.05) is 13.8 Å². The summed E-state index contributed by atoms with van der Waals surface area (Å²) < 4.78 is 0. The molecule has 20 heavy (non-hydrogen) atoms. The first kappa shape index (κ1) is 15.2. The fourth-order valence-electron chi connectivity index (χ4n) is 2.18. The first-order valence-electron chi connectivity index (χ1n) is 6.92. The number of rotatable bonds is 5. The zero-order valence-electron chi connectivity index (χ0n) is 12.5. The van der Waals surface area contributed by atoms with Gasteiger partial charge in [-0.1, -0.05) is 29.8 Å². The van der Waals surface area contributed by atoms with E-state index in [2.05, 4.69) is 48.4 Å². The molecule has 0 saturated heterocycles.